The number of aromatic nitrogens is 2. The van der Waals surface area contributed by atoms with E-state index >= 15 is 0 Å². The third-order valence-electron chi connectivity index (χ3n) is 3.10. The Labute approximate surface area is 103 Å². The topological polar surface area (TPSA) is 89.5 Å². The highest BCUT2D eigenvalue weighted by molar-refractivity contribution is 6.00. The van der Waals surface area contributed by atoms with Crippen LogP contribution in [-0.4, -0.2) is 21.4 Å². The van der Waals surface area contributed by atoms with Crippen LogP contribution in [0.3, 0.4) is 0 Å². The van der Waals surface area contributed by atoms with Gasteiger partial charge in [-0.1, -0.05) is 0 Å². The van der Waals surface area contributed by atoms with E-state index in [2.05, 4.69) is 10.4 Å². The minimum absolute atomic E-state index is 0.218. The Balaban J connectivity index is 1.99. The molecule has 2 aromatic rings. The Kier molecular flexibility index (Phi) is 2.29. The van der Waals surface area contributed by atoms with Gasteiger partial charge in [0.1, 0.15) is 0 Å². The lowest BCUT2D eigenvalue weighted by atomic mass is 9.95. The van der Waals surface area contributed by atoms with E-state index in [1.165, 1.54) is 0 Å². The zero-order valence-electron chi connectivity index (χ0n) is 9.59. The molecule has 1 fully saturated rings. The quantitative estimate of drug-likeness (QED) is 0.712. The maximum absolute atomic E-state index is 11.7. The monoisotopic (exact) mass is 244 g/mol. The summed E-state index contributed by atoms with van der Waals surface area (Å²) in [5.74, 6) is -0.851. The molecule has 6 heteroatoms. The number of fused-ring (bicyclic) bond motifs is 1. The van der Waals surface area contributed by atoms with E-state index < -0.39 is 0 Å². The van der Waals surface area contributed by atoms with Crippen LogP contribution < -0.4 is 11.1 Å². The standard InChI is InChI=1S/C12H12N4O2/c13-7-3-4-16-8(5-7)6-10(15-16)9-1-2-11(17)14-12(9)18/h3-6,9H,1-2,13H2,(H,14,17,18). The summed E-state index contributed by atoms with van der Waals surface area (Å²) in [6, 6.07) is 5.37. The van der Waals surface area contributed by atoms with E-state index in [4.69, 9.17) is 5.73 Å². The van der Waals surface area contributed by atoms with Crippen LogP contribution in [0.15, 0.2) is 24.4 Å². The molecule has 0 aromatic carbocycles. The Hall–Kier alpha value is -2.37. The van der Waals surface area contributed by atoms with Crippen molar-refractivity contribution < 1.29 is 9.59 Å². The number of hydrogen-bond acceptors (Lipinski definition) is 4. The number of carbonyl (C=O) groups excluding carboxylic acids is 2. The van der Waals surface area contributed by atoms with Gasteiger partial charge in [-0.05, 0) is 24.6 Å². The number of nitrogens with zero attached hydrogens (tertiary/aromatic N) is 2. The van der Waals surface area contributed by atoms with Gasteiger partial charge in [-0.2, -0.15) is 5.10 Å². The van der Waals surface area contributed by atoms with Gasteiger partial charge in [-0.25, -0.2) is 4.52 Å². The molecule has 18 heavy (non-hydrogen) atoms. The summed E-state index contributed by atoms with van der Waals surface area (Å²) in [6.45, 7) is 0. The summed E-state index contributed by atoms with van der Waals surface area (Å²) in [7, 11) is 0. The molecular weight excluding hydrogens is 232 g/mol. The Bertz CT molecular complexity index is 647. The first-order chi connectivity index (χ1) is 8.63. The minimum Gasteiger partial charge on any atom is -0.399 e. The number of piperidine rings is 1. The van der Waals surface area contributed by atoms with E-state index in [-0.39, 0.29) is 17.7 Å². The van der Waals surface area contributed by atoms with Gasteiger partial charge in [-0.3, -0.25) is 14.9 Å². The zero-order chi connectivity index (χ0) is 12.7. The first-order valence-corrected chi connectivity index (χ1v) is 5.72. The van der Waals surface area contributed by atoms with Crippen molar-refractivity contribution in [1.82, 2.24) is 14.9 Å². The lowest BCUT2D eigenvalue weighted by Crippen LogP contribution is -2.39. The third kappa shape index (κ3) is 1.71. The Morgan fingerprint density at radius 2 is 2.22 bits per heavy atom. The lowest BCUT2D eigenvalue weighted by Gasteiger charge is -2.18. The molecule has 1 atom stereocenters. The van der Waals surface area contributed by atoms with Crippen molar-refractivity contribution in [1.29, 1.82) is 0 Å². The molecule has 6 nitrogen and oxygen atoms in total. The van der Waals surface area contributed by atoms with E-state index in [1.54, 1.807) is 22.8 Å². The van der Waals surface area contributed by atoms with Gasteiger partial charge in [0, 0.05) is 18.3 Å². The summed E-state index contributed by atoms with van der Waals surface area (Å²) in [5.41, 5.74) is 7.86. The van der Waals surface area contributed by atoms with Gasteiger partial charge >= 0.3 is 0 Å². The molecule has 0 radical (unpaired) electrons. The van der Waals surface area contributed by atoms with Crippen molar-refractivity contribution in [3.63, 3.8) is 0 Å². The van der Waals surface area contributed by atoms with E-state index in [1.807, 2.05) is 6.07 Å². The minimum atomic E-state index is -0.358. The van der Waals surface area contributed by atoms with Crippen molar-refractivity contribution in [2.45, 2.75) is 18.8 Å². The molecule has 0 saturated carbocycles. The molecule has 1 unspecified atom stereocenters. The molecule has 0 aliphatic carbocycles. The lowest BCUT2D eigenvalue weighted by molar-refractivity contribution is -0.134. The van der Waals surface area contributed by atoms with Crippen LogP contribution in [-0.2, 0) is 9.59 Å². The van der Waals surface area contributed by atoms with Gasteiger partial charge in [0.05, 0.1) is 17.1 Å². The van der Waals surface area contributed by atoms with Crippen LogP contribution in [0.2, 0.25) is 0 Å². The first kappa shape index (κ1) is 10.8. The molecule has 3 heterocycles. The fourth-order valence-corrected chi connectivity index (χ4v) is 2.18. The van der Waals surface area contributed by atoms with E-state index in [0.717, 1.165) is 5.52 Å². The van der Waals surface area contributed by atoms with Crippen LogP contribution in [0.1, 0.15) is 24.5 Å². The number of anilines is 1. The number of nitrogen functional groups attached to an aromatic ring is 1. The fraction of sp³-hybridized carbons (Fsp3) is 0.250. The van der Waals surface area contributed by atoms with Crippen LogP contribution in [0, 0.1) is 0 Å². The third-order valence-corrected chi connectivity index (χ3v) is 3.10. The number of imide groups is 1. The van der Waals surface area contributed by atoms with Crippen molar-refractivity contribution in [3.8, 4) is 0 Å². The molecule has 2 aromatic heterocycles. The summed E-state index contributed by atoms with van der Waals surface area (Å²) in [6.07, 6.45) is 2.61. The summed E-state index contributed by atoms with van der Waals surface area (Å²) >= 11 is 0. The molecule has 3 N–H and O–H groups in total. The summed E-state index contributed by atoms with van der Waals surface area (Å²) in [4.78, 5) is 22.8. The maximum Gasteiger partial charge on any atom is 0.235 e. The molecule has 1 saturated heterocycles. The molecule has 0 bridgehead atoms. The van der Waals surface area contributed by atoms with Crippen molar-refractivity contribution in [2.75, 3.05) is 5.73 Å². The van der Waals surface area contributed by atoms with Crippen LogP contribution in [0.4, 0.5) is 5.69 Å². The van der Waals surface area contributed by atoms with Crippen LogP contribution in [0.5, 0.6) is 0 Å². The van der Waals surface area contributed by atoms with Crippen molar-refractivity contribution >= 4 is 23.0 Å². The molecule has 92 valence electrons. The SMILES string of the molecule is Nc1ccn2nc(C3CCC(=O)NC3=O)cc2c1. The normalized spacial score (nSPS) is 20.1. The number of nitrogens with two attached hydrogens (primary N) is 1. The van der Waals surface area contributed by atoms with Gasteiger partial charge < -0.3 is 5.73 Å². The predicted octanol–water partition coefficient (Wildman–Crippen LogP) is 0.437. The van der Waals surface area contributed by atoms with Gasteiger partial charge in [0.15, 0.2) is 0 Å². The zero-order valence-corrected chi connectivity index (χ0v) is 9.59. The smallest absolute Gasteiger partial charge is 0.235 e. The summed E-state index contributed by atoms with van der Waals surface area (Å²) in [5, 5.41) is 6.67. The number of hydrogen-bond donors (Lipinski definition) is 2. The molecule has 2 amide bonds. The number of amides is 2. The average molecular weight is 244 g/mol. The Morgan fingerprint density at radius 3 is 3.00 bits per heavy atom. The summed E-state index contributed by atoms with van der Waals surface area (Å²) < 4.78 is 1.68. The van der Waals surface area contributed by atoms with Gasteiger partial charge in [0.25, 0.3) is 0 Å². The second kappa shape index (κ2) is 3.83. The average Bonchev–Trinajstić information content (AvgIpc) is 2.71. The Morgan fingerprint density at radius 1 is 1.39 bits per heavy atom. The van der Waals surface area contributed by atoms with Gasteiger partial charge in [-0.15, -0.1) is 0 Å². The predicted molar refractivity (Wildman–Crippen MR) is 64.7 cm³/mol. The highest BCUT2D eigenvalue weighted by atomic mass is 16.2. The molecule has 3 rings (SSSR count). The molecule has 1 aliphatic heterocycles. The molecular formula is C12H12N4O2. The number of carbonyl (C=O) groups is 2. The highest BCUT2D eigenvalue weighted by Crippen LogP contribution is 2.25. The van der Waals surface area contributed by atoms with Crippen LogP contribution >= 0.6 is 0 Å². The number of pyridine rings is 1. The second-order valence-electron chi connectivity index (χ2n) is 4.40. The first-order valence-electron chi connectivity index (χ1n) is 5.72. The number of nitrogens with one attached hydrogen (secondary N) is 1. The van der Waals surface area contributed by atoms with Gasteiger partial charge in [0.2, 0.25) is 11.8 Å². The van der Waals surface area contributed by atoms with Crippen molar-refractivity contribution in [2.24, 2.45) is 0 Å². The van der Waals surface area contributed by atoms with Crippen molar-refractivity contribution in [3.05, 3.63) is 30.1 Å². The molecule has 0 spiro atoms. The largest absolute Gasteiger partial charge is 0.399 e. The maximum atomic E-state index is 11.7. The number of rotatable bonds is 1. The van der Waals surface area contributed by atoms with E-state index in [0.29, 0.717) is 24.2 Å². The highest BCUT2D eigenvalue weighted by Gasteiger charge is 2.29. The molecule has 1 aliphatic rings. The van der Waals surface area contributed by atoms with E-state index in [9.17, 15) is 9.59 Å². The fourth-order valence-electron chi connectivity index (χ4n) is 2.18. The second-order valence-corrected chi connectivity index (χ2v) is 4.40. The van der Waals surface area contributed by atoms with Crippen LogP contribution in [0.25, 0.3) is 5.52 Å².